The first kappa shape index (κ1) is 26.2. The summed E-state index contributed by atoms with van der Waals surface area (Å²) in [7, 11) is 0.325. The average molecular weight is 498 g/mol. The molecule has 1 N–H and O–H groups in total. The lowest BCUT2D eigenvalue weighted by molar-refractivity contribution is 0.0674. The fourth-order valence-corrected chi connectivity index (χ4v) is 5.07. The second kappa shape index (κ2) is 11.4. The van der Waals surface area contributed by atoms with Crippen molar-refractivity contribution in [2.75, 3.05) is 29.5 Å². The van der Waals surface area contributed by atoms with Crippen molar-refractivity contribution in [2.45, 2.75) is 32.9 Å². The van der Waals surface area contributed by atoms with Crippen molar-refractivity contribution in [1.29, 1.82) is 0 Å². The minimum Gasteiger partial charge on any atom is -0.377 e. The molecular weight excluding hydrogens is 465 g/mol. The summed E-state index contributed by atoms with van der Waals surface area (Å²) >= 11 is 0. The highest BCUT2D eigenvalue weighted by Gasteiger charge is 2.25. The first-order valence-corrected chi connectivity index (χ1v) is 13.2. The number of nitrogens with zero attached hydrogens (tertiary/aromatic N) is 2. The SMILES string of the molecule is CCCS(=O)(=O)Nc1ccc(N(C)C)c(CN(C(=O)c2ccc(F)cc2)C(C)c2ccccc2)c1. The summed E-state index contributed by atoms with van der Waals surface area (Å²) in [5.41, 5.74) is 3.42. The van der Waals surface area contributed by atoms with E-state index in [9.17, 15) is 17.6 Å². The van der Waals surface area contributed by atoms with Crippen LogP contribution in [0.3, 0.4) is 0 Å². The number of anilines is 2. The minimum atomic E-state index is -3.47. The Balaban J connectivity index is 2.04. The van der Waals surface area contributed by atoms with Crippen LogP contribution in [0.5, 0.6) is 0 Å². The van der Waals surface area contributed by atoms with Gasteiger partial charge in [0.25, 0.3) is 5.91 Å². The van der Waals surface area contributed by atoms with Crippen LogP contribution in [0, 0.1) is 5.82 Å². The number of rotatable bonds is 10. The van der Waals surface area contributed by atoms with E-state index in [1.54, 1.807) is 17.0 Å². The van der Waals surface area contributed by atoms with Crippen LogP contribution in [-0.2, 0) is 16.6 Å². The van der Waals surface area contributed by atoms with E-state index in [1.807, 2.05) is 69.2 Å². The molecule has 1 atom stereocenters. The smallest absolute Gasteiger partial charge is 0.254 e. The average Bonchev–Trinajstić information content (AvgIpc) is 2.82. The Kier molecular flexibility index (Phi) is 8.51. The van der Waals surface area contributed by atoms with Gasteiger partial charge in [0.15, 0.2) is 0 Å². The minimum absolute atomic E-state index is 0.0258. The normalized spacial score (nSPS) is 12.1. The van der Waals surface area contributed by atoms with Crippen molar-refractivity contribution in [3.63, 3.8) is 0 Å². The Bertz CT molecular complexity index is 1250. The molecule has 3 rings (SSSR count). The third-order valence-electron chi connectivity index (χ3n) is 5.75. The van der Waals surface area contributed by atoms with Crippen LogP contribution in [0.25, 0.3) is 0 Å². The molecule has 3 aromatic rings. The Hall–Kier alpha value is -3.39. The van der Waals surface area contributed by atoms with Crippen molar-refractivity contribution in [2.24, 2.45) is 0 Å². The first-order chi connectivity index (χ1) is 16.6. The molecule has 186 valence electrons. The Morgan fingerprint density at radius 2 is 1.66 bits per heavy atom. The molecule has 0 aliphatic carbocycles. The number of amides is 1. The van der Waals surface area contributed by atoms with E-state index in [4.69, 9.17) is 0 Å². The Morgan fingerprint density at radius 3 is 2.26 bits per heavy atom. The van der Waals surface area contributed by atoms with E-state index in [-0.39, 0.29) is 24.2 Å². The quantitative estimate of drug-likeness (QED) is 0.405. The number of carbonyl (C=O) groups is 1. The van der Waals surface area contributed by atoms with Crippen molar-refractivity contribution < 1.29 is 17.6 Å². The molecule has 3 aromatic carbocycles. The Labute approximate surface area is 207 Å². The van der Waals surface area contributed by atoms with Gasteiger partial charge in [-0.2, -0.15) is 0 Å². The summed E-state index contributed by atoms with van der Waals surface area (Å²) in [6, 6.07) is 20.2. The highest BCUT2D eigenvalue weighted by atomic mass is 32.2. The molecule has 35 heavy (non-hydrogen) atoms. The van der Waals surface area contributed by atoms with Gasteiger partial charge in [0.05, 0.1) is 11.8 Å². The number of halogens is 1. The summed E-state index contributed by atoms with van der Waals surface area (Å²) in [5.74, 6) is -0.632. The van der Waals surface area contributed by atoms with Crippen LogP contribution >= 0.6 is 0 Å². The molecule has 0 aromatic heterocycles. The number of sulfonamides is 1. The molecule has 0 radical (unpaired) electrons. The number of hydrogen-bond donors (Lipinski definition) is 1. The Morgan fingerprint density at radius 1 is 1.00 bits per heavy atom. The third-order valence-corrected chi connectivity index (χ3v) is 7.24. The first-order valence-electron chi connectivity index (χ1n) is 11.5. The van der Waals surface area contributed by atoms with E-state index in [0.29, 0.717) is 17.7 Å². The zero-order valence-electron chi connectivity index (χ0n) is 20.5. The van der Waals surface area contributed by atoms with Crippen molar-refractivity contribution >= 4 is 27.3 Å². The van der Waals surface area contributed by atoms with Gasteiger partial charge in [-0.25, -0.2) is 12.8 Å². The third kappa shape index (κ3) is 6.82. The maximum atomic E-state index is 13.6. The largest absolute Gasteiger partial charge is 0.377 e. The summed E-state index contributed by atoms with van der Waals surface area (Å²) in [6.45, 7) is 3.98. The topological polar surface area (TPSA) is 69.7 Å². The van der Waals surface area contributed by atoms with Crippen LogP contribution in [0.1, 0.15) is 47.8 Å². The molecule has 0 fully saturated rings. The molecule has 6 nitrogen and oxygen atoms in total. The van der Waals surface area contributed by atoms with E-state index in [1.165, 1.54) is 24.3 Å². The van der Waals surface area contributed by atoms with Crippen LogP contribution in [0.4, 0.5) is 15.8 Å². The summed E-state index contributed by atoms with van der Waals surface area (Å²) < 4.78 is 40.8. The zero-order chi connectivity index (χ0) is 25.6. The van der Waals surface area contributed by atoms with Crippen molar-refractivity contribution in [1.82, 2.24) is 4.90 Å². The second-order valence-corrected chi connectivity index (χ2v) is 10.5. The fraction of sp³-hybridized carbons (Fsp3) is 0.296. The van der Waals surface area contributed by atoms with Crippen molar-refractivity contribution in [3.05, 3.63) is 95.3 Å². The highest BCUT2D eigenvalue weighted by Crippen LogP contribution is 2.30. The second-order valence-electron chi connectivity index (χ2n) is 8.69. The number of nitrogens with one attached hydrogen (secondary N) is 1. The molecule has 0 aliphatic heterocycles. The maximum Gasteiger partial charge on any atom is 0.254 e. The molecular formula is C27H32FN3O3S. The molecule has 0 saturated carbocycles. The molecule has 1 unspecified atom stereocenters. The van der Waals surface area contributed by atoms with E-state index < -0.39 is 15.8 Å². The lowest BCUT2D eigenvalue weighted by Crippen LogP contribution is -2.33. The zero-order valence-corrected chi connectivity index (χ0v) is 21.3. The molecule has 0 aliphatic rings. The van der Waals surface area contributed by atoms with Gasteiger partial charge in [-0.05, 0) is 66.9 Å². The van der Waals surface area contributed by atoms with Gasteiger partial charge >= 0.3 is 0 Å². The van der Waals surface area contributed by atoms with Crippen LogP contribution < -0.4 is 9.62 Å². The van der Waals surface area contributed by atoms with Gasteiger partial charge in [0, 0.05) is 37.6 Å². The van der Waals surface area contributed by atoms with Crippen LogP contribution in [-0.4, -0.2) is 39.1 Å². The monoisotopic (exact) mass is 497 g/mol. The summed E-state index contributed by atoms with van der Waals surface area (Å²) in [6.07, 6.45) is 0.506. The molecule has 8 heteroatoms. The fourth-order valence-electron chi connectivity index (χ4n) is 3.95. The molecule has 0 bridgehead atoms. The lowest BCUT2D eigenvalue weighted by atomic mass is 10.0. The van der Waals surface area contributed by atoms with Gasteiger partial charge < -0.3 is 9.80 Å². The number of carbonyl (C=O) groups excluding carboxylic acids is 1. The van der Waals surface area contributed by atoms with Crippen LogP contribution in [0.15, 0.2) is 72.8 Å². The van der Waals surface area contributed by atoms with Crippen molar-refractivity contribution in [3.8, 4) is 0 Å². The summed E-state index contributed by atoms with van der Waals surface area (Å²) in [5, 5.41) is 0. The van der Waals surface area contributed by atoms with Gasteiger partial charge in [-0.1, -0.05) is 37.3 Å². The molecule has 0 saturated heterocycles. The molecule has 0 heterocycles. The molecule has 1 amide bonds. The van der Waals surface area contributed by atoms with Crippen LogP contribution in [0.2, 0.25) is 0 Å². The van der Waals surface area contributed by atoms with Gasteiger partial charge in [0.1, 0.15) is 5.82 Å². The predicted octanol–water partition coefficient (Wildman–Crippen LogP) is 5.45. The number of benzene rings is 3. The van der Waals surface area contributed by atoms with Gasteiger partial charge in [-0.3, -0.25) is 9.52 Å². The maximum absolute atomic E-state index is 13.6. The highest BCUT2D eigenvalue weighted by molar-refractivity contribution is 7.92. The van der Waals surface area contributed by atoms with E-state index in [0.717, 1.165) is 16.8 Å². The molecule has 0 spiro atoms. The van der Waals surface area contributed by atoms with E-state index in [2.05, 4.69) is 4.72 Å². The van der Waals surface area contributed by atoms with Gasteiger partial charge in [0.2, 0.25) is 10.0 Å². The van der Waals surface area contributed by atoms with Gasteiger partial charge in [-0.15, -0.1) is 0 Å². The van der Waals surface area contributed by atoms with E-state index >= 15 is 0 Å². The standard InChI is InChI=1S/C27H32FN3O3S/c1-5-17-35(33,34)29-25-15-16-26(30(3)4)23(18-25)19-31(20(2)21-9-7-6-8-10-21)27(32)22-11-13-24(28)14-12-22/h6-16,18,20,29H,5,17,19H2,1-4H3. The predicted molar refractivity (Wildman–Crippen MR) is 140 cm³/mol. The number of hydrogen-bond acceptors (Lipinski definition) is 4. The summed E-state index contributed by atoms with van der Waals surface area (Å²) in [4.78, 5) is 17.3. The lowest BCUT2D eigenvalue weighted by Gasteiger charge is -2.32.